The molecule has 14 heavy (non-hydrogen) atoms. The molecule has 0 fully saturated rings. The minimum Gasteiger partial charge on any atom is -0.369 e. The van der Waals surface area contributed by atoms with Crippen LogP contribution in [0.4, 0.5) is 4.39 Å². The van der Waals surface area contributed by atoms with E-state index >= 15 is 0 Å². The zero-order chi connectivity index (χ0) is 10.6. The molecular weight excluding hydrogens is 181 g/mol. The topological polar surface area (TPSA) is 43.1 Å². The fourth-order valence-corrected chi connectivity index (χ4v) is 1.22. The van der Waals surface area contributed by atoms with Gasteiger partial charge in [-0.2, -0.15) is 0 Å². The second-order valence-electron chi connectivity index (χ2n) is 3.43. The normalized spacial score (nSPS) is 12.4. The van der Waals surface area contributed by atoms with Gasteiger partial charge in [-0.25, -0.2) is 4.39 Å². The molecule has 0 saturated heterocycles. The molecule has 1 atom stereocenters. The molecule has 0 saturated carbocycles. The SMILES string of the molecule is CC(CCc1ccccc1F)C(N)=O. The van der Waals surface area contributed by atoms with E-state index < -0.39 is 0 Å². The van der Waals surface area contributed by atoms with Crippen molar-refractivity contribution in [1.82, 2.24) is 0 Å². The van der Waals surface area contributed by atoms with Gasteiger partial charge in [0.1, 0.15) is 5.82 Å². The first-order valence-electron chi connectivity index (χ1n) is 4.64. The predicted molar refractivity (Wildman–Crippen MR) is 53.1 cm³/mol. The van der Waals surface area contributed by atoms with Crippen molar-refractivity contribution in [1.29, 1.82) is 0 Å². The molecule has 0 bridgehead atoms. The highest BCUT2D eigenvalue weighted by Gasteiger charge is 2.09. The summed E-state index contributed by atoms with van der Waals surface area (Å²) in [6.07, 6.45) is 1.15. The number of hydrogen-bond acceptors (Lipinski definition) is 1. The number of carbonyl (C=O) groups is 1. The maximum absolute atomic E-state index is 13.1. The average molecular weight is 195 g/mol. The zero-order valence-corrected chi connectivity index (χ0v) is 8.16. The highest BCUT2D eigenvalue weighted by molar-refractivity contribution is 5.76. The molecular formula is C11H14FNO. The number of nitrogens with two attached hydrogens (primary N) is 1. The molecule has 1 rings (SSSR count). The van der Waals surface area contributed by atoms with Crippen LogP contribution in [0.25, 0.3) is 0 Å². The smallest absolute Gasteiger partial charge is 0.220 e. The number of carbonyl (C=O) groups excluding carboxylic acids is 1. The summed E-state index contributed by atoms with van der Waals surface area (Å²) < 4.78 is 13.1. The van der Waals surface area contributed by atoms with Gasteiger partial charge in [0.15, 0.2) is 0 Å². The minimum absolute atomic E-state index is 0.199. The molecule has 0 spiro atoms. The lowest BCUT2D eigenvalue weighted by Crippen LogP contribution is -2.21. The Hall–Kier alpha value is -1.38. The van der Waals surface area contributed by atoms with Crippen LogP contribution >= 0.6 is 0 Å². The standard InChI is InChI=1S/C11H14FNO/c1-8(11(13)14)6-7-9-4-2-3-5-10(9)12/h2-5,8H,6-7H2,1H3,(H2,13,14). The number of halogens is 1. The first-order valence-corrected chi connectivity index (χ1v) is 4.64. The molecule has 76 valence electrons. The summed E-state index contributed by atoms with van der Waals surface area (Å²) in [5.41, 5.74) is 5.74. The van der Waals surface area contributed by atoms with Gasteiger partial charge in [-0.1, -0.05) is 25.1 Å². The average Bonchev–Trinajstić information content (AvgIpc) is 2.16. The number of benzene rings is 1. The van der Waals surface area contributed by atoms with Crippen LogP contribution in [-0.4, -0.2) is 5.91 Å². The lowest BCUT2D eigenvalue weighted by Gasteiger charge is -2.07. The van der Waals surface area contributed by atoms with E-state index in [9.17, 15) is 9.18 Å². The third-order valence-electron chi connectivity index (χ3n) is 2.29. The van der Waals surface area contributed by atoms with Crippen molar-refractivity contribution in [3.05, 3.63) is 35.6 Å². The molecule has 1 amide bonds. The lowest BCUT2D eigenvalue weighted by atomic mass is 10.0. The summed E-state index contributed by atoms with van der Waals surface area (Å²) in [4.78, 5) is 10.7. The van der Waals surface area contributed by atoms with E-state index in [-0.39, 0.29) is 17.6 Å². The van der Waals surface area contributed by atoms with Gasteiger partial charge in [-0.3, -0.25) is 4.79 Å². The molecule has 2 nitrogen and oxygen atoms in total. The van der Waals surface area contributed by atoms with Crippen molar-refractivity contribution >= 4 is 5.91 Å². The Balaban J connectivity index is 2.54. The maximum atomic E-state index is 13.1. The zero-order valence-electron chi connectivity index (χ0n) is 8.16. The molecule has 1 aromatic carbocycles. The van der Waals surface area contributed by atoms with Crippen molar-refractivity contribution in [2.75, 3.05) is 0 Å². The first-order chi connectivity index (χ1) is 6.61. The number of primary amides is 1. The van der Waals surface area contributed by atoms with Crippen LogP contribution in [0.2, 0.25) is 0 Å². The summed E-state index contributed by atoms with van der Waals surface area (Å²) in [5, 5.41) is 0. The molecule has 0 aliphatic rings. The Morgan fingerprint density at radius 3 is 2.71 bits per heavy atom. The van der Waals surface area contributed by atoms with Crippen LogP contribution in [0.3, 0.4) is 0 Å². The summed E-state index contributed by atoms with van der Waals surface area (Å²) in [6.45, 7) is 1.75. The van der Waals surface area contributed by atoms with Crippen LogP contribution < -0.4 is 5.73 Å². The second kappa shape index (κ2) is 4.74. The number of amides is 1. The Bertz CT molecular complexity index is 325. The van der Waals surface area contributed by atoms with Crippen LogP contribution in [-0.2, 0) is 11.2 Å². The van der Waals surface area contributed by atoms with E-state index in [1.165, 1.54) is 6.07 Å². The van der Waals surface area contributed by atoms with Gasteiger partial charge < -0.3 is 5.73 Å². The van der Waals surface area contributed by atoms with Gasteiger partial charge in [0.2, 0.25) is 5.91 Å². The lowest BCUT2D eigenvalue weighted by molar-refractivity contribution is -0.121. The highest BCUT2D eigenvalue weighted by atomic mass is 19.1. The molecule has 0 aromatic heterocycles. The van der Waals surface area contributed by atoms with Gasteiger partial charge in [-0.15, -0.1) is 0 Å². The molecule has 0 aliphatic carbocycles. The van der Waals surface area contributed by atoms with Gasteiger partial charge >= 0.3 is 0 Å². The molecule has 3 heteroatoms. The summed E-state index contributed by atoms with van der Waals surface area (Å²) in [6, 6.07) is 6.58. The van der Waals surface area contributed by atoms with E-state index in [0.29, 0.717) is 18.4 Å². The van der Waals surface area contributed by atoms with Crippen molar-refractivity contribution in [2.24, 2.45) is 11.7 Å². The fraction of sp³-hybridized carbons (Fsp3) is 0.364. The van der Waals surface area contributed by atoms with Crippen LogP contribution in [0.1, 0.15) is 18.9 Å². The highest BCUT2D eigenvalue weighted by Crippen LogP contribution is 2.12. The number of aryl methyl sites for hydroxylation is 1. The summed E-state index contributed by atoms with van der Waals surface area (Å²) >= 11 is 0. The van der Waals surface area contributed by atoms with Crippen LogP contribution in [0.5, 0.6) is 0 Å². The molecule has 0 aliphatic heterocycles. The minimum atomic E-state index is -0.332. The molecule has 1 aromatic rings. The Labute approximate surface area is 82.9 Å². The largest absolute Gasteiger partial charge is 0.369 e. The van der Waals surface area contributed by atoms with E-state index in [1.54, 1.807) is 25.1 Å². The van der Waals surface area contributed by atoms with Gasteiger partial charge in [-0.05, 0) is 24.5 Å². The van der Waals surface area contributed by atoms with Crippen molar-refractivity contribution < 1.29 is 9.18 Å². The quantitative estimate of drug-likeness (QED) is 0.783. The molecule has 0 heterocycles. The van der Waals surface area contributed by atoms with E-state index in [0.717, 1.165) is 0 Å². The summed E-state index contributed by atoms with van der Waals surface area (Å²) in [7, 11) is 0. The van der Waals surface area contributed by atoms with Crippen molar-refractivity contribution in [2.45, 2.75) is 19.8 Å². The Kier molecular flexibility index (Phi) is 3.63. The molecule has 1 unspecified atom stereocenters. The van der Waals surface area contributed by atoms with Gasteiger partial charge in [0, 0.05) is 5.92 Å². The monoisotopic (exact) mass is 195 g/mol. The second-order valence-corrected chi connectivity index (χ2v) is 3.43. The van der Waals surface area contributed by atoms with Gasteiger partial charge in [0.25, 0.3) is 0 Å². The van der Waals surface area contributed by atoms with Crippen LogP contribution in [0.15, 0.2) is 24.3 Å². The number of hydrogen-bond donors (Lipinski definition) is 1. The Morgan fingerprint density at radius 2 is 2.14 bits per heavy atom. The summed E-state index contributed by atoms with van der Waals surface area (Å²) in [5.74, 6) is -0.750. The van der Waals surface area contributed by atoms with Crippen molar-refractivity contribution in [3.63, 3.8) is 0 Å². The maximum Gasteiger partial charge on any atom is 0.220 e. The number of rotatable bonds is 4. The van der Waals surface area contributed by atoms with Crippen LogP contribution in [0, 0.1) is 11.7 Å². The molecule has 2 N–H and O–H groups in total. The van der Waals surface area contributed by atoms with E-state index in [2.05, 4.69) is 0 Å². The first kappa shape index (κ1) is 10.7. The third kappa shape index (κ3) is 2.83. The third-order valence-corrected chi connectivity index (χ3v) is 2.29. The van der Waals surface area contributed by atoms with E-state index in [1.807, 2.05) is 0 Å². The van der Waals surface area contributed by atoms with Gasteiger partial charge in [0.05, 0.1) is 0 Å². The predicted octanol–water partition coefficient (Wildman–Crippen LogP) is 1.88. The fourth-order valence-electron chi connectivity index (χ4n) is 1.22. The Morgan fingerprint density at radius 1 is 1.50 bits per heavy atom. The van der Waals surface area contributed by atoms with Crippen molar-refractivity contribution in [3.8, 4) is 0 Å². The molecule has 0 radical (unpaired) electrons. The van der Waals surface area contributed by atoms with E-state index in [4.69, 9.17) is 5.73 Å².